The summed E-state index contributed by atoms with van der Waals surface area (Å²) in [7, 11) is 0. The third-order valence-electron chi connectivity index (χ3n) is 0.667. The average Bonchev–Trinajstić information content (AvgIpc) is 1.93. The average molecular weight is 238 g/mol. The van der Waals surface area contributed by atoms with Crippen LogP contribution in [0.1, 0.15) is 0 Å². The molecule has 0 aliphatic rings. The molecule has 2 heteroatoms. The number of benzene rings is 1. The van der Waals surface area contributed by atoms with Gasteiger partial charge in [0.05, 0.1) is 0 Å². The Balaban J connectivity index is 0.000000187. The molecule has 0 N–H and O–H groups in total. The lowest BCUT2D eigenvalue weighted by atomic mass is 10.4. The fourth-order valence-corrected chi connectivity index (χ4v) is 0.385. The highest BCUT2D eigenvalue weighted by atomic mass is 127. The number of alkyl halides is 2. The van der Waals surface area contributed by atoms with Crippen LogP contribution in [-0.4, -0.2) is 4.68 Å². The van der Waals surface area contributed by atoms with Crippen LogP contribution < -0.4 is 0 Å². The summed E-state index contributed by atoms with van der Waals surface area (Å²) in [6.45, 7) is 0. The van der Waals surface area contributed by atoms with Gasteiger partial charge in [0.1, 0.15) is 4.68 Å². The SMILES string of the molecule is FCI.c1ccccc1. The van der Waals surface area contributed by atoms with E-state index >= 15 is 0 Å². The van der Waals surface area contributed by atoms with Gasteiger partial charge in [0.15, 0.2) is 0 Å². The summed E-state index contributed by atoms with van der Waals surface area (Å²) < 4.78 is 10.00. The Labute approximate surface area is 68.2 Å². The lowest BCUT2D eigenvalue weighted by Crippen LogP contribution is -1.47. The van der Waals surface area contributed by atoms with E-state index in [9.17, 15) is 4.39 Å². The van der Waals surface area contributed by atoms with Gasteiger partial charge in [0.2, 0.25) is 0 Å². The first-order valence-electron chi connectivity index (χ1n) is 2.53. The third-order valence-corrected chi connectivity index (χ3v) is 0.667. The van der Waals surface area contributed by atoms with Crippen molar-refractivity contribution in [3.05, 3.63) is 36.4 Å². The van der Waals surface area contributed by atoms with Gasteiger partial charge in [-0.2, -0.15) is 0 Å². The summed E-state index contributed by atoms with van der Waals surface area (Å²) in [6, 6.07) is 12.0. The molecule has 1 aromatic carbocycles. The predicted molar refractivity (Wildman–Crippen MR) is 46.4 cm³/mol. The van der Waals surface area contributed by atoms with Gasteiger partial charge >= 0.3 is 0 Å². The van der Waals surface area contributed by atoms with Crippen molar-refractivity contribution in [2.75, 3.05) is 4.68 Å². The molecule has 0 heterocycles. The van der Waals surface area contributed by atoms with Crippen molar-refractivity contribution in [2.24, 2.45) is 0 Å². The van der Waals surface area contributed by atoms with Crippen molar-refractivity contribution in [3.8, 4) is 0 Å². The molecule has 9 heavy (non-hydrogen) atoms. The minimum atomic E-state index is -0.280. The largest absolute Gasteiger partial charge is 0.240 e. The Morgan fingerprint density at radius 3 is 1.11 bits per heavy atom. The van der Waals surface area contributed by atoms with Crippen molar-refractivity contribution < 1.29 is 4.39 Å². The first-order chi connectivity index (χ1) is 4.41. The molecule has 0 aliphatic carbocycles. The molecule has 0 saturated heterocycles. The van der Waals surface area contributed by atoms with Crippen LogP contribution in [0.15, 0.2) is 36.4 Å². The van der Waals surface area contributed by atoms with Crippen molar-refractivity contribution >= 4 is 22.6 Å². The van der Waals surface area contributed by atoms with Gasteiger partial charge < -0.3 is 0 Å². The van der Waals surface area contributed by atoms with Gasteiger partial charge in [-0.3, -0.25) is 0 Å². The van der Waals surface area contributed by atoms with Gasteiger partial charge in [-0.05, 0) is 22.6 Å². The Hall–Kier alpha value is -0.120. The molecular weight excluding hydrogens is 230 g/mol. The van der Waals surface area contributed by atoms with Crippen LogP contribution in [0.2, 0.25) is 0 Å². The highest BCUT2D eigenvalue weighted by Crippen LogP contribution is 1.79. The zero-order valence-electron chi connectivity index (χ0n) is 4.93. The minimum absolute atomic E-state index is 0.280. The second-order valence-corrected chi connectivity index (χ2v) is 1.83. The molecule has 0 aliphatic heterocycles. The molecule has 1 rings (SSSR count). The molecule has 0 unspecified atom stereocenters. The zero-order valence-corrected chi connectivity index (χ0v) is 7.08. The Morgan fingerprint density at radius 1 is 0.889 bits per heavy atom. The van der Waals surface area contributed by atoms with Gasteiger partial charge in [-0.1, -0.05) is 36.4 Å². The lowest BCUT2D eigenvalue weighted by molar-refractivity contribution is 0.622. The Morgan fingerprint density at radius 2 is 1.00 bits per heavy atom. The number of halogens is 2. The number of rotatable bonds is 0. The maximum Gasteiger partial charge on any atom is 0.140 e. The topological polar surface area (TPSA) is 0 Å². The molecule has 0 bridgehead atoms. The normalized spacial score (nSPS) is 7.33. The van der Waals surface area contributed by atoms with E-state index in [0.717, 1.165) is 0 Å². The molecule has 0 spiro atoms. The molecule has 0 aromatic heterocycles. The molecule has 0 amide bonds. The first kappa shape index (κ1) is 8.88. The van der Waals surface area contributed by atoms with Crippen LogP contribution in [0.3, 0.4) is 0 Å². The van der Waals surface area contributed by atoms with E-state index in [4.69, 9.17) is 0 Å². The van der Waals surface area contributed by atoms with Gasteiger partial charge in [-0.25, -0.2) is 4.39 Å². The van der Waals surface area contributed by atoms with Crippen LogP contribution in [-0.2, 0) is 0 Å². The monoisotopic (exact) mass is 238 g/mol. The molecule has 0 fully saturated rings. The number of hydrogen-bond acceptors (Lipinski definition) is 0. The van der Waals surface area contributed by atoms with Crippen LogP contribution in [0.5, 0.6) is 0 Å². The summed E-state index contributed by atoms with van der Waals surface area (Å²) in [5.74, 6) is 0. The Kier molecular flexibility index (Phi) is 7.77. The molecule has 0 nitrogen and oxygen atoms in total. The molecule has 1 aromatic rings. The van der Waals surface area contributed by atoms with Gasteiger partial charge in [0, 0.05) is 0 Å². The maximum atomic E-state index is 10.3. The predicted octanol–water partition coefficient (Wildman–Crippen LogP) is 3.04. The van der Waals surface area contributed by atoms with E-state index in [-0.39, 0.29) is 4.68 Å². The summed E-state index contributed by atoms with van der Waals surface area (Å²) in [5, 5.41) is 0. The molecular formula is C7H8FI. The van der Waals surface area contributed by atoms with Crippen molar-refractivity contribution in [1.29, 1.82) is 0 Å². The van der Waals surface area contributed by atoms with Crippen LogP contribution in [0.4, 0.5) is 4.39 Å². The summed E-state index contributed by atoms with van der Waals surface area (Å²) >= 11 is 1.62. The lowest BCUT2D eigenvalue weighted by Gasteiger charge is -1.69. The molecule has 0 radical (unpaired) electrons. The second-order valence-electron chi connectivity index (χ2n) is 1.26. The van der Waals surface area contributed by atoms with Crippen LogP contribution in [0, 0.1) is 0 Å². The van der Waals surface area contributed by atoms with E-state index in [1.54, 1.807) is 22.6 Å². The summed E-state index contributed by atoms with van der Waals surface area (Å²) in [6.07, 6.45) is 0. The van der Waals surface area contributed by atoms with E-state index in [0.29, 0.717) is 0 Å². The molecule has 0 atom stereocenters. The standard InChI is InChI=1S/C6H6.CH2FI/c1-2-4-6-5-3-1;2-1-3/h1-6H;1H2. The van der Waals surface area contributed by atoms with Gasteiger partial charge in [0.25, 0.3) is 0 Å². The van der Waals surface area contributed by atoms with E-state index in [2.05, 4.69) is 0 Å². The molecule has 50 valence electrons. The highest BCUT2D eigenvalue weighted by molar-refractivity contribution is 14.1. The van der Waals surface area contributed by atoms with E-state index in [1.807, 2.05) is 36.4 Å². The molecule has 0 saturated carbocycles. The van der Waals surface area contributed by atoms with Crippen molar-refractivity contribution in [3.63, 3.8) is 0 Å². The van der Waals surface area contributed by atoms with E-state index < -0.39 is 0 Å². The van der Waals surface area contributed by atoms with E-state index in [1.165, 1.54) is 0 Å². The quantitative estimate of drug-likeness (QED) is 0.481. The summed E-state index contributed by atoms with van der Waals surface area (Å²) in [4.78, 5) is 0. The van der Waals surface area contributed by atoms with Gasteiger partial charge in [-0.15, -0.1) is 0 Å². The Bertz CT molecular complexity index is 91.8. The first-order valence-corrected chi connectivity index (χ1v) is 4.06. The third kappa shape index (κ3) is 7.88. The van der Waals surface area contributed by atoms with Crippen molar-refractivity contribution in [1.82, 2.24) is 0 Å². The fraction of sp³-hybridized carbons (Fsp3) is 0.143. The summed E-state index contributed by atoms with van der Waals surface area (Å²) in [5.41, 5.74) is 0. The smallest absolute Gasteiger partial charge is 0.140 e. The maximum absolute atomic E-state index is 10.3. The van der Waals surface area contributed by atoms with Crippen LogP contribution >= 0.6 is 22.6 Å². The fourth-order valence-electron chi connectivity index (χ4n) is 0.385. The highest BCUT2D eigenvalue weighted by Gasteiger charge is 1.57. The minimum Gasteiger partial charge on any atom is -0.240 e. The second kappa shape index (κ2) is 7.88. The van der Waals surface area contributed by atoms with Crippen molar-refractivity contribution in [2.45, 2.75) is 0 Å². The van der Waals surface area contributed by atoms with Crippen LogP contribution in [0.25, 0.3) is 0 Å². The number of hydrogen-bond donors (Lipinski definition) is 0. The zero-order chi connectivity index (χ0) is 6.95.